The van der Waals surface area contributed by atoms with Crippen molar-refractivity contribution in [3.8, 4) is 11.5 Å². The van der Waals surface area contributed by atoms with Gasteiger partial charge in [0.05, 0.1) is 23.3 Å². The minimum Gasteiger partial charge on any atom is -0.493 e. The summed E-state index contributed by atoms with van der Waals surface area (Å²) in [6.07, 6.45) is 0.446. The highest BCUT2D eigenvalue weighted by molar-refractivity contribution is 7.16. The van der Waals surface area contributed by atoms with Crippen LogP contribution in [0.4, 0.5) is 5.00 Å². The van der Waals surface area contributed by atoms with Crippen LogP contribution in [0.1, 0.15) is 42.9 Å². The molecule has 2 aliphatic heterocycles. The summed E-state index contributed by atoms with van der Waals surface area (Å²) in [7, 11) is 3.59. The van der Waals surface area contributed by atoms with Gasteiger partial charge in [0.2, 0.25) is 0 Å². The minimum absolute atomic E-state index is 0.0796. The van der Waals surface area contributed by atoms with Gasteiger partial charge in [0.15, 0.2) is 11.5 Å². The number of amides is 1. The Morgan fingerprint density at radius 3 is 2.79 bits per heavy atom. The third-order valence-electron chi connectivity index (χ3n) is 5.84. The van der Waals surface area contributed by atoms with Gasteiger partial charge in [-0.2, -0.15) is 0 Å². The fraction of sp³-hybridized carbons (Fsp3) is 0.250. The number of halogens is 1. The Hall–Kier alpha value is -3.07. The second-order valence-electron chi connectivity index (χ2n) is 8.03. The average molecular weight is 484 g/mol. The van der Waals surface area contributed by atoms with Gasteiger partial charge in [0, 0.05) is 18.0 Å². The normalized spacial score (nSPS) is 17.4. The summed E-state index contributed by atoms with van der Waals surface area (Å²) >= 11 is 7.74. The topological polar surface area (TPSA) is 79.9 Å². The highest BCUT2D eigenvalue weighted by Gasteiger charge is 2.33. The molecule has 3 heterocycles. The van der Waals surface area contributed by atoms with Gasteiger partial charge in [-0.15, -0.1) is 11.3 Å². The molecule has 1 aromatic heterocycles. The van der Waals surface area contributed by atoms with Gasteiger partial charge >= 0.3 is 5.97 Å². The number of carbonyl (C=O) groups excluding carboxylic acids is 2. The van der Waals surface area contributed by atoms with E-state index in [9.17, 15) is 9.59 Å². The van der Waals surface area contributed by atoms with E-state index in [2.05, 4.69) is 22.6 Å². The predicted octanol–water partition coefficient (Wildman–Crippen LogP) is 4.47. The standard InChI is InChI=1S/C24H22ClN3O4S/c1-28-10-9-15-19(12-28)33-23-20(15)22(29)26-21(27-23)13-7-8-17(18(11-13)31-2)32-24(30)14-5-3-4-6-16(14)25/h3-8,11,21,27H,9-10,12H2,1-2H3,(H,26,29)/t21-/m0/s1. The second-order valence-corrected chi connectivity index (χ2v) is 9.54. The fourth-order valence-electron chi connectivity index (χ4n) is 4.14. The first kappa shape index (κ1) is 21.8. The van der Waals surface area contributed by atoms with E-state index in [0.717, 1.165) is 41.2 Å². The molecule has 0 unspecified atom stereocenters. The van der Waals surface area contributed by atoms with Crippen LogP contribution in [0.5, 0.6) is 11.5 Å². The Morgan fingerprint density at radius 1 is 1.18 bits per heavy atom. The van der Waals surface area contributed by atoms with Crippen LogP contribution in [0.25, 0.3) is 0 Å². The van der Waals surface area contributed by atoms with E-state index >= 15 is 0 Å². The van der Waals surface area contributed by atoms with Crippen LogP contribution in [0, 0.1) is 0 Å². The number of nitrogens with one attached hydrogen (secondary N) is 2. The maximum Gasteiger partial charge on any atom is 0.345 e. The Kier molecular flexibility index (Phi) is 5.74. The lowest BCUT2D eigenvalue weighted by atomic mass is 10.0. The van der Waals surface area contributed by atoms with Crippen LogP contribution in [-0.2, 0) is 13.0 Å². The van der Waals surface area contributed by atoms with Crippen LogP contribution < -0.4 is 20.1 Å². The number of likely N-dealkylation sites (N-methyl/N-ethyl adjacent to an activating group) is 1. The van der Waals surface area contributed by atoms with Crippen LogP contribution in [0.15, 0.2) is 42.5 Å². The number of rotatable bonds is 4. The largest absolute Gasteiger partial charge is 0.493 e. The molecule has 0 fully saturated rings. The molecule has 2 aliphatic rings. The number of carbonyl (C=O) groups is 2. The van der Waals surface area contributed by atoms with E-state index < -0.39 is 12.1 Å². The summed E-state index contributed by atoms with van der Waals surface area (Å²) in [5.41, 5.74) is 2.96. The number of thiophene rings is 1. The highest BCUT2D eigenvalue weighted by Crippen LogP contribution is 2.41. The number of esters is 1. The highest BCUT2D eigenvalue weighted by atomic mass is 35.5. The molecule has 1 atom stereocenters. The predicted molar refractivity (Wildman–Crippen MR) is 128 cm³/mol. The third kappa shape index (κ3) is 4.06. The third-order valence-corrected chi connectivity index (χ3v) is 7.32. The van der Waals surface area contributed by atoms with Crippen LogP contribution in [0.3, 0.4) is 0 Å². The van der Waals surface area contributed by atoms with Gasteiger partial charge in [-0.1, -0.05) is 29.8 Å². The quantitative estimate of drug-likeness (QED) is 0.421. The van der Waals surface area contributed by atoms with Crippen LogP contribution in [0.2, 0.25) is 5.02 Å². The lowest BCUT2D eigenvalue weighted by molar-refractivity contribution is 0.0729. The zero-order valence-electron chi connectivity index (χ0n) is 18.1. The first-order chi connectivity index (χ1) is 15.9. The number of nitrogens with zero attached hydrogens (tertiary/aromatic N) is 1. The summed E-state index contributed by atoms with van der Waals surface area (Å²) in [6, 6.07) is 11.9. The molecule has 33 heavy (non-hydrogen) atoms. The molecule has 5 rings (SSSR count). The Morgan fingerprint density at radius 2 is 2.00 bits per heavy atom. The van der Waals surface area contributed by atoms with Gasteiger partial charge in [-0.25, -0.2) is 4.79 Å². The van der Waals surface area contributed by atoms with Gasteiger partial charge in [0.25, 0.3) is 5.91 Å². The van der Waals surface area contributed by atoms with Gasteiger partial charge in [-0.3, -0.25) is 4.79 Å². The van der Waals surface area contributed by atoms with Gasteiger partial charge in [-0.05, 0) is 48.9 Å². The summed E-state index contributed by atoms with van der Waals surface area (Å²) in [6.45, 7) is 1.80. The molecule has 0 saturated carbocycles. The lowest BCUT2D eigenvalue weighted by Crippen LogP contribution is -2.38. The van der Waals surface area contributed by atoms with Crippen molar-refractivity contribution in [3.63, 3.8) is 0 Å². The molecule has 2 N–H and O–H groups in total. The molecule has 7 nitrogen and oxygen atoms in total. The van der Waals surface area contributed by atoms with E-state index in [1.54, 1.807) is 53.8 Å². The molecule has 2 aromatic carbocycles. The lowest BCUT2D eigenvalue weighted by Gasteiger charge is -2.27. The molecule has 0 saturated heterocycles. The van der Waals surface area contributed by atoms with E-state index in [-0.39, 0.29) is 17.2 Å². The van der Waals surface area contributed by atoms with Crippen molar-refractivity contribution in [1.82, 2.24) is 10.2 Å². The van der Waals surface area contributed by atoms with Crippen molar-refractivity contribution in [2.24, 2.45) is 0 Å². The second kappa shape index (κ2) is 8.70. The first-order valence-electron chi connectivity index (χ1n) is 10.5. The summed E-state index contributed by atoms with van der Waals surface area (Å²) < 4.78 is 11.0. The zero-order valence-corrected chi connectivity index (χ0v) is 19.7. The fourth-order valence-corrected chi connectivity index (χ4v) is 5.71. The maximum absolute atomic E-state index is 13.0. The van der Waals surface area contributed by atoms with Crippen molar-refractivity contribution >= 4 is 39.8 Å². The number of benzene rings is 2. The molecule has 9 heteroatoms. The Labute approximate surface area is 200 Å². The van der Waals surface area contributed by atoms with Crippen molar-refractivity contribution in [3.05, 3.63) is 74.6 Å². The Balaban J connectivity index is 1.39. The van der Waals surface area contributed by atoms with E-state index in [1.807, 2.05) is 0 Å². The molecule has 1 amide bonds. The first-order valence-corrected chi connectivity index (χ1v) is 11.7. The van der Waals surface area contributed by atoms with E-state index in [0.29, 0.717) is 10.8 Å². The SMILES string of the molecule is COc1cc([C@H]2NC(=O)c3c(sc4c3CCN(C)C4)N2)ccc1OC(=O)c1ccccc1Cl. The van der Waals surface area contributed by atoms with E-state index in [4.69, 9.17) is 21.1 Å². The summed E-state index contributed by atoms with van der Waals surface area (Å²) in [5.74, 6) is -0.0102. The molecule has 0 spiro atoms. The monoisotopic (exact) mass is 483 g/mol. The number of hydrogen-bond acceptors (Lipinski definition) is 7. The van der Waals surface area contributed by atoms with Crippen molar-refractivity contribution < 1.29 is 19.1 Å². The number of ether oxygens (including phenoxy) is 2. The van der Waals surface area contributed by atoms with Crippen LogP contribution in [-0.4, -0.2) is 37.5 Å². The van der Waals surface area contributed by atoms with Crippen molar-refractivity contribution in [1.29, 1.82) is 0 Å². The zero-order chi connectivity index (χ0) is 23.1. The molecule has 0 bridgehead atoms. The molecular weight excluding hydrogens is 462 g/mol. The molecular formula is C24H22ClN3O4S. The Bertz CT molecular complexity index is 1260. The van der Waals surface area contributed by atoms with E-state index in [1.165, 1.54) is 12.0 Å². The number of methoxy groups -OCH3 is 1. The molecule has 3 aromatic rings. The number of fused-ring (bicyclic) bond motifs is 3. The number of hydrogen-bond donors (Lipinski definition) is 2. The van der Waals surface area contributed by atoms with Gasteiger partial charge in [0.1, 0.15) is 11.2 Å². The average Bonchev–Trinajstić information content (AvgIpc) is 3.17. The summed E-state index contributed by atoms with van der Waals surface area (Å²) in [4.78, 5) is 29.0. The number of anilines is 1. The van der Waals surface area contributed by atoms with Crippen molar-refractivity contribution in [2.45, 2.75) is 19.1 Å². The maximum atomic E-state index is 13.0. The minimum atomic E-state index is -0.575. The summed E-state index contributed by atoms with van der Waals surface area (Å²) in [5, 5.41) is 7.69. The molecule has 170 valence electrons. The van der Waals surface area contributed by atoms with Gasteiger partial charge < -0.3 is 25.0 Å². The smallest absolute Gasteiger partial charge is 0.345 e. The van der Waals surface area contributed by atoms with Crippen LogP contribution >= 0.6 is 22.9 Å². The van der Waals surface area contributed by atoms with Crippen molar-refractivity contribution in [2.75, 3.05) is 26.0 Å². The molecule has 0 radical (unpaired) electrons. The molecule has 0 aliphatic carbocycles.